The number of amides is 4. The molecule has 0 aliphatic carbocycles. The van der Waals surface area contributed by atoms with Gasteiger partial charge in [-0.05, 0) is 25.7 Å². The Bertz CT molecular complexity index is 433. The Kier molecular flexibility index (Phi) is 20.6. The predicted octanol–water partition coefficient (Wildman–Crippen LogP) is 4.65. The molecule has 0 heterocycles. The maximum Gasteiger partial charge on any atom is 0.315 e. The molecule has 0 radical (unpaired) electrons. The number of hydrogen-bond acceptors (Lipinski definition) is 3. The summed E-state index contributed by atoms with van der Waals surface area (Å²) in [6.45, 7) is 6.19. The van der Waals surface area contributed by atoms with Gasteiger partial charge in [0, 0.05) is 19.6 Å². The van der Waals surface area contributed by atoms with Gasteiger partial charge < -0.3 is 26.1 Å². The van der Waals surface area contributed by atoms with Crippen molar-refractivity contribution < 1.29 is 14.4 Å². The topological polar surface area (TPSA) is 99.3 Å². The maximum atomic E-state index is 11.9. The zero-order valence-corrected chi connectivity index (χ0v) is 19.4. The molecule has 0 saturated carbocycles. The molecule has 4 amide bonds. The molecule has 0 bridgehead atoms. The molecule has 1 atom stereocenters. The number of hydrogen-bond donors (Lipinski definition) is 4. The van der Waals surface area contributed by atoms with Crippen LogP contribution in [-0.2, 0) is 4.79 Å². The molecule has 0 saturated heterocycles. The molecule has 0 fully saturated rings. The smallest absolute Gasteiger partial charge is 0.315 e. The Labute approximate surface area is 183 Å². The van der Waals surface area contributed by atoms with Crippen LogP contribution in [0.4, 0.5) is 9.59 Å². The summed E-state index contributed by atoms with van der Waals surface area (Å²) in [5, 5.41) is 11.1. The summed E-state index contributed by atoms with van der Waals surface area (Å²) in [4.78, 5) is 34.8. The van der Waals surface area contributed by atoms with Gasteiger partial charge in [-0.25, -0.2) is 9.59 Å². The number of rotatable bonds is 20. The van der Waals surface area contributed by atoms with E-state index < -0.39 is 6.04 Å². The summed E-state index contributed by atoms with van der Waals surface area (Å²) in [6, 6.07) is -0.997. The van der Waals surface area contributed by atoms with E-state index in [0.29, 0.717) is 32.5 Å². The van der Waals surface area contributed by atoms with Gasteiger partial charge in [-0.1, -0.05) is 78.1 Å². The van der Waals surface area contributed by atoms with Gasteiger partial charge in [-0.15, -0.1) is 0 Å². The monoisotopic (exact) mass is 426 g/mol. The van der Waals surface area contributed by atoms with Crippen molar-refractivity contribution in [3.05, 3.63) is 0 Å². The Morgan fingerprint density at radius 3 is 1.57 bits per heavy atom. The normalized spacial score (nSPS) is 11.5. The van der Waals surface area contributed by atoms with Crippen molar-refractivity contribution in [3.8, 4) is 0 Å². The lowest BCUT2D eigenvalue weighted by Gasteiger charge is -2.14. The molecule has 0 aromatic heterocycles. The summed E-state index contributed by atoms with van der Waals surface area (Å²) in [7, 11) is 0. The Balaban J connectivity index is 3.62. The number of unbranched alkanes of at least 4 members (excludes halogenated alkanes) is 10. The number of aldehydes is 1. The molecular weight excluding hydrogens is 380 g/mol. The van der Waals surface area contributed by atoms with Crippen LogP contribution in [0, 0.1) is 0 Å². The molecule has 0 aromatic rings. The fourth-order valence-corrected chi connectivity index (χ4v) is 3.19. The van der Waals surface area contributed by atoms with Gasteiger partial charge in [0.1, 0.15) is 6.29 Å². The van der Waals surface area contributed by atoms with Crippen LogP contribution in [0.25, 0.3) is 0 Å². The second-order valence-electron chi connectivity index (χ2n) is 8.00. The molecule has 0 aliphatic rings. The van der Waals surface area contributed by atoms with Crippen LogP contribution in [0.15, 0.2) is 0 Å². The number of carbonyl (C=O) groups excluding carboxylic acids is 3. The van der Waals surface area contributed by atoms with Crippen LogP contribution in [-0.4, -0.2) is 44.0 Å². The molecular formula is C23H46N4O3. The van der Waals surface area contributed by atoms with Gasteiger partial charge in [-0.3, -0.25) is 0 Å². The van der Waals surface area contributed by atoms with Crippen LogP contribution in [0.2, 0.25) is 0 Å². The average Bonchev–Trinajstić information content (AvgIpc) is 2.74. The molecule has 176 valence electrons. The molecule has 1 unspecified atom stereocenters. The van der Waals surface area contributed by atoms with Crippen molar-refractivity contribution in [3.63, 3.8) is 0 Å². The van der Waals surface area contributed by atoms with Crippen LogP contribution < -0.4 is 21.3 Å². The van der Waals surface area contributed by atoms with Crippen molar-refractivity contribution in [2.24, 2.45) is 0 Å². The molecule has 7 heteroatoms. The predicted molar refractivity (Wildman–Crippen MR) is 124 cm³/mol. The first-order chi connectivity index (χ1) is 14.6. The lowest BCUT2D eigenvalue weighted by atomic mass is 10.1. The summed E-state index contributed by atoms with van der Waals surface area (Å²) in [6.07, 6.45) is 16.1. The van der Waals surface area contributed by atoms with Crippen LogP contribution in [0.1, 0.15) is 104 Å². The lowest BCUT2D eigenvalue weighted by Crippen LogP contribution is -2.43. The third kappa shape index (κ3) is 19.5. The number of nitrogens with one attached hydrogen (secondary N) is 4. The minimum atomic E-state index is -0.525. The highest BCUT2D eigenvalue weighted by Crippen LogP contribution is 2.04. The maximum absolute atomic E-state index is 11.9. The SMILES string of the molecule is CCCCCCCCNC(=O)NCCCC(C=O)NC(=O)NCCCCCCCC. The van der Waals surface area contributed by atoms with E-state index in [9.17, 15) is 14.4 Å². The first kappa shape index (κ1) is 28.2. The van der Waals surface area contributed by atoms with Gasteiger partial charge in [0.2, 0.25) is 0 Å². The first-order valence-electron chi connectivity index (χ1n) is 12.1. The van der Waals surface area contributed by atoms with Crippen molar-refractivity contribution >= 4 is 18.3 Å². The van der Waals surface area contributed by atoms with Gasteiger partial charge in [0.15, 0.2) is 0 Å². The van der Waals surface area contributed by atoms with Crippen molar-refractivity contribution in [2.75, 3.05) is 19.6 Å². The molecule has 0 rings (SSSR count). The summed E-state index contributed by atoms with van der Waals surface area (Å²) < 4.78 is 0. The number of carbonyl (C=O) groups is 3. The van der Waals surface area contributed by atoms with Gasteiger partial charge in [0.25, 0.3) is 0 Å². The summed E-state index contributed by atoms with van der Waals surface area (Å²) in [5.41, 5.74) is 0. The Morgan fingerprint density at radius 2 is 1.07 bits per heavy atom. The third-order valence-corrected chi connectivity index (χ3v) is 5.09. The van der Waals surface area contributed by atoms with E-state index in [1.807, 2.05) is 0 Å². The fraction of sp³-hybridized carbons (Fsp3) is 0.870. The van der Waals surface area contributed by atoms with Gasteiger partial charge in [0.05, 0.1) is 6.04 Å². The highest BCUT2D eigenvalue weighted by atomic mass is 16.2. The van der Waals surface area contributed by atoms with E-state index in [0.717, 1.165) is 32.0 Å². The van der Waals surface area contributed by atoms with E-state index in [4.69, 9.17) is 0 Å². The van der Waals surface area contributed by atoms with Crippen molar-refractivity contribution in [2.45, 2.75) is 110 Å². The molecule has 0 aliphatic heterocycles. The highest BCUT2D eigenvalue weighted by molar-refractivity contribution is 5.77. The Hall–Kier alpha value is -1.79. The van der Waals surface area contributed by atoms with Gasteiger partial charge >= 0.3 is 12.1 Å². The Morgan fingerprint density at radius 1 is 0.633 bits per heavy atom. The van der Waals surface area contributed by atoms with E-state index in [-0.39, 0.29) is 12.1 Å². The summed E-state index contributed by atoms with van der Waals surface area (Å²) >= 11 is 0. The third-order valence-electron chi connectivity index (χ3n) is 5.09. The zero-order chi connectivity index (χ0) is 22.3. The van der Waals surface area contributed by atoms with Crippen LogP contribution in [0.5, 0.6) is 0 Å². The fourth-order valence-electron chi connectivity index (χ4n) is 3.19. The van der Waals surface area contributed by atoms with E-state index >= 15 is 0 Å². The zero-order valence-electron chi connectivity index (χ0n) is 19.4. The minimum Gasteiger partial charge on any atom is -0.338 e. The van der Waals surface area contributed by atoms with E-state index in [2.05, 4.69) is 35.1 Å². The molecule has 30 heavy (non-hydrogen) atoms. The highest BCUT2D eigenvalue weighted by Gasteiger charge is 2.10. The first-order valence-corrected chi connectivity index (χ1v) is 12.1. The summed E-state index contributed by atoms with van der Waals surface area (Å²) in [5.74, 6) is 0. The van der Waals surface area contributed by atoms with Gasteiger partial charge in [-0.2, -0.15) is 0 Å². The standard InChI is InChI=1S/C23H46N4O3/c1-3-5-7-9-11-13-17-24-22(29)25-19-15-16-21(20-28)27-23(30)26-18-14-12-10-8-6-4-2/h20-21H,3-19H2,1-2H3,(H2,24,25,29)(H2,26,27,30). The molecule has 0 aromatic carbocycles. The molecule has 4 N–H and O–H groups in total. The second-order valence-corrected chi connectivity index (χ2v) is 8.00. The molecule has 0 spiro atoms. The number of urea groups is 2. The van der Waals surface area contributed by atoms with E-state index in [1.165, 1.54) is 51.4 Å². The second kappa shape index (κ2) is 21.9. The van der Waals surface area contributed by atoms with Crippen molar-refractivity contribution in [1.29, 1.82) is 0 Å². The average molecular weight is 427 g/mol. The lowest BCUT2D eigenvalue weighted by molar-refractivity contribution is -0.109. The van der Waals surface area contributed by atoms with Crippen molar-refractivity contribution in [1.82, 2.24) is 21.3 Å². The quantitative estimate of drug-likeness (QED) is 0.168. The minimum absolute atomic E-state index is 0.171. The largest absolute Gasteiger partial charge is 0.338 e. The van der Waals surface area contributed by atoms with E-state index in [1.54, 1.807) is 0 Å². The molecule has 7 nitrogen and oxygen atoms in total. The van der Waals surface area contributed by atoms with Crippen LogP contribution in [0.3, 0.4) is 0 Å². The van der Waals surface area contributed by atoms with Crippen LogP contribution >= 0.6 is 0 Å².